The largest absolute Gasteiger partial charge is 0.398 e. The summed E-state index contributed by atoms with van der Waals surface area (Å²) >= 11 is 7.63. The molecule has 7 heteroatoms. The molecule has 1 aromatic carbocycles. The summed E-state index contributed by atoms with van der Waals surface area (Å²) in [5.41, 5.74) is 6.74. The van der Waals surface area contributed by atoms with E-state index in [1.54, 1.807) is 24.8 Å². The van der Waals surface area contributed by atoms with Crippen LogP contribution in [0.5, 0.6) is 0 Å². The van der Waals surface area contributed by atoms with Crippen molar-refractivity contribution in [1.29, 1.82) is 0 Å². The molecule has 2 unspecified atom stereocenters. The van der Waals surface area contributed by atoms with Crippen molar-refractivity contribution in [2.75, 3.05) is 12.0 Å². The summed E-state index contributed by atoms with van der Waals surface area (Å²) in [6, 6.07) is 3.00. The van der Waals surface area contributed by atoms with E-state index in [-0.39, 0.29) is 10.9 Å². The fourth-order valence-corrected chi connectivity index (χ4v) is 5.48. The number of hydrogen-bond donors (Lipinski definition) is 2. The third-order valence-corrected chi connectivity index (χ3v) is 6.72. The predicted octanol–water partition coefficient (Wildman–Crippen LogP) is 2.79. The Labute approximate surface area is 129 Å². The number of anilines is 1. The van der Waals surface area contributed by atoms with Crippen LogP contribution in [0.15, 0.2) is 17.0 Å². The van der Waals surface area contributed by atoms with Crippen LogP contribution in [0.4, 0.5) is 5.69 Å². The molecule has 0 aliphatic heterocycles. The Hall–Kier alpha value is -0.430. The van der Waals surface area contributed by atoms with Gasteiger partial charge in [0.15, 0.2) is 0 Å². The van der Waals surface area contributed by atoms with E-state index in [0.717, 1.165) is 19.3 Å². The number of halogens is 1. The van der Waals surface area contributed by atoms with Gasteiger partial charge >= 0.3 is 0 Å². The number of nitrogen functional groups attached to an aromatic ring is 1. The minimum atomic E-state index is -3.59. The van der Waals surface area contributed by atoms with Gasteiger partial charge in [0, 0.05) is 22.0 Å². The summed E-state index contributed by atoms with van der Waals surface area (Å²) in [5, 5.41) is 0.669. The van der Waals surface area contributed by atoms with Crippen molar-refractivity contribution in [3.8, 4) is 0 Å². The highest BCUT2D eigenvalue weighted by Crippen LogP contribution is 2.31. The summed E-state index contributed by atoms with van der Waals surface area (Å²) in [4.78, 5) is 0.175. The number of thioether (sulfide) groups is 1. The molecule has 1 saturated carbocycles. The fraction of sp³-hybridized carbons (Fsp3) is 0.538. The van der Waals surface area contributed by atoms with Gasteiger partial charge in [-0.25, -0.2) is 13.1 Å². The van der Waals surface area contributed by atoms with Crippen LogP contribution in [0.3, 0.4) is 0 Å². The molecule has 0 aromatic heterocycles. The first-order valence-electron chi connectivity index (χ1n) is 6.46. The van der Waals surface area contributed by atoms with E-state index in [0.29, 0.717) is 21.5 Å². The average Bonchev–Trinajstić information content (AvgIpc) is 2.80. The second-order valence-electron chi connectivity index (χ2n) is 5.05. The van der Waals surface area contributed by atoms with E-state index in [1.165, 1.54) is 6.07 Å². The van der Waals surface area contributed by atoms with Crippen LogP contribution < -0.4 is 10.5 Å². The molecule has 1 aliphatic rings. The van der Waals surface area contributed by atoms with Crippen molar-refractivity contribution in [3.63, 3.8) is 0 Å². The number of nitrogens with two attached hydrogens (primary N) is 1. The smallest absolute Gasteiger partial charge is 0.241 e. The summed E-state index contributed by atoms with van der Waals surface area (Å²) in [5.74, 6) is 0. The lowest BCUT2D eigenvalue weighted by atomic mass is 10.2. The normalized spacial score (nSPS) is 23.1. The number of rotatable bonds is 4. The lowest BCUT2D eigenvalue weighted by Gasteiger charge is -2.20. The van der Waals surface area contributed by atoms with E-state index in [9.17, 15) is 8.42 Å². The van der Waals surface area contributed by atoms with Crippen molar-refractivity contribution in [3.05, 3.63) is 22.7 Å². The molecule has 3 N–H and O–H groups in total. The maximum atomic E-state index is 12.5. The second-order valence-corrected chi connectivity index (χ2v) is 8.25. The van der Waals surface area contributed by atoms with Crippen molar-refractivity contribution in [2.45, 2.75) is 42.4 Å². The first-order valence-corrected chi connectivity index (χ1v) is 9.61. The van der Waals surface area contributed by atoms with Gasteiger partial charge in [0.2, 0.25) is 10.0 Å². The molecule has 112 valence electrons. The monoisotopic (exact) mass is 334 g/mol. The summed E-state index contributed by atoms with van der Waals surface area (Å²) < 4.78 is 27.9. The topological polar surface area (TPSA) is 72.2 Å². The van der Waals surface area contributed by atoms with Gasteiger partial charge in [-0.05, 0) is 43.7 Å². The van der Waals surface area contributed by atoms with Crippen molar-refractivity contribution in [1.82, 2.24) is 4.72 Å². The highest BCUT2D eigenvalue weighted by atomic mass is 35.5. The predicted molar refractivity (Wildman–Crippen MR) is 85.9 cm³/mol. The first-order chi connectivity index (χ1) is 9.35. The van der Waals surface area contributed by atoms with E-state index < -0.39 is 10.0 Å². The van der Waals surface area contributed by atoms with Gasteiger partial charge in [0.25, 0.3) is 0 Å². The van der Waals surface area contributed by atoms with Gasteiger partial charge in [0.05, 0.1) is 4.90 Å². The molecule has 0 heterocycles. The van der Waals surface area contributed by atoms with Crippen molar-refractivity contribution < 1.29 is 8.42 Å². The first kappa shape index (κ1) is 15.9. The maximum Gasteiger partial charge on any atom is 0.241 e. The van der Waals surface area contributed by atoms with Gasteiger partial charge in [-0.15, -0.1) is 0 Å². The molecule has 0 saturated heterocycles. The Balaban J connectivity index is 2.31. The van der Waals surface area contributed by atoms with Gasteiger partial charge < -0.3 is 5.73 Å². The highest BCUT2D eigenvalue weighted by Gasteiger charge is 2.31. The summed E-state index contributed by atoms with van der Waals surface area (Å²) in [6.07, 6.45) is 4.99. The van der Waals surface area contributed by atoms with Crippen LogP contribution in [-0.4, -0.2) is 26.0 Å². The number of nitrogens with one attached hydrogen (secondary N) is 1. The molecule has 0 amide bonds. The molecular weight excluding hydrogens is 316 g/mol. The quantitative estimate of drug-likeness (QED) is 0.830. The highest BCUT2D eigenvalue weighted by molar-refractivity contribution is 7.99. The summed E-state index contributed by atoms with van der Waals surface area (Å²) in [7, 11) is -3.59. The lowest BCUT2D eigenvalue weighted by molar-refractivity contribution is 0.555. The van der Waals surface area contributed by atoms with Gasteiger partial charge in [-0.3, -0.25) is 0 Å². The van der Waals surface area contributed by atoms with Crippen LogP contribution in [-0.2, 0) is 10.0 Å². The van der Waals surface area contributed by atoms with Crippen LogP contribution in [0.1, 0.15) is 24.8 Å². The third-order valence-electron chi connectivity index (χ3n) is 3.72. The molecule has 20 heavy (non-hydrogen) atoms. The standard InChI is InChI=1S/C13H19ClN2O2S2/c1-8-10(15)6-9(14)7-13(8)20(17,18)16-11-4-3-5-12(11)19-2/h6-7,11-12,16H,3-5,15H2,1-2H3. The molecule has 1 fully saturated rings. The second kappa shape index (κ2) is 6.13. The zero-order chi connectivity index (χ0) is 14.9. The molecule has 0 radical (unpaired) electrons. The van der Waals surface area contributed by atoms with Crippen LogP contribution in [0.25, 0.3) is 0 Å². The van der Waals surface area contributed by atoms with E-state index in [1.807, 2.05) is 6.26 Å². The number of benzene rings is 1. The van der Waals surface area contributed by atoms with Gasteiger partial charge in [0.1, 0.15) is 0 Å². The molecule has 2 atom stereocenters. The molecule has 4 nitrogen and oxygen atoms in total. The molecule has 1 aromatic rings. The minimum absolute atomic E-state index is 0.0189. The van der Waals surface area contributed by atoms with E-state index in [4.69, 9.17) is 17.3 Å². The lowest BCUT2D eigenvalue weighted by Crippen LogP contribution is -2.38. The van der Waals surface area contributed by atoms with Gasteiger partial charge in [-0.2, -0.15) is 11.8 Å². The van der Waals surface area contributed by atoms with Crippen LogP contribution in [0, 0.1) is 6.92 Å². The van der Waals surface area contributed by atoms with E-state index in [2.05, 4.69) is 4.72 Å². The Morgan fingerprint density at radius 1 is 1.40 bits per heavy atom. The molecule has 2 rings (SSSR count). The molecule has 1 aliphatic carbocycles. The molecule has 0 bridgehead atoms. The Bertz CT molecular complexity index is 605. The third kappa shape index (κ3) is 3.24. The minimum Gasteiger partial charge on any atom is -0.398 e. The van der Waals surface area contributed by atoms with Crippen LogP contribution in [0.2, 0.25) is 5.02 Å². The zero-order valence-corrected chi connectivity index (χ0v) is 13.9. The zero-order valence-electron chi connectivity index (χ0n) is 11.5. The maximum absolute atomic E-state index is 12.5. The van der Waals surface area contributed by atoms with Gasteiger partial charge in [-0.1, -0.05) is 18.0 Å². The van der Waals surface area contributed by atoms with Crippen molar-refractivity contribution in [2.24, 2.45) is 0 Å². The fourth-order valence-electron chi connectivity index (χ4n) is 2.56. The average molecular weight is 335 g/mol. The Morgan fingerprint density at radius 3 is 2.75 bits per heavy atom. The van der Waals surface area contributed by atoms with E-state index >= 15 is 0 Å². The van der Waals surface area contributed by atoms with Crippen LogP contribution >= 0.6 is 23.4 Å². The number of sulfonamides is 1. The number of hydrogen-bond acceptors (Lipinski definition) is 4. The Kier molecular flexibility index (Phi) is 4.89. The molecular formula is C13H19ClN2O2S2. The molecule has 0 spiro atoms. The van der Waals surface area contributed by atoms with Crippen molar-refractivity contribution >= 4 is 39.1 Å². The SMILES string of the molecule is CSC1CCCC1NS(=O)(=O)c1cc(Cl)cc(N)c1C. The summed E-state index contributed by atoms with van der Waals surface area (Å²) in [6.45, 7) is 1.70. The Morgan fingerprint density at radius 2 is 2.10 bits per heavy atom.